The molecule has 0 aliphatic carbocycles. The number of nitrogens with one attached hydrogen (secondary N) is 1. The lowest BCUT2D eigenvalue weighted by molar-refractivity contribution is 0.0699. The summed E-state index contributed by atoms with van der Waals surface area (Å²) < 4.78 is 0. The van der Waals surface area contributed by atoms with Crippen molar-refractivity contribution in [3.8, 4) is 0 Å². The molecule has 1 atom stereocenters. The van der Waals surface area contributed by atoms with Crippen molar-refractivity contribution in [3.05, 3.63) is 44.8 Å². The van der Waals surface area contributed by atoms with Crippen molar-refractivity contribution in [2.75, 3.05) is 13.1 Å². The summed E-state index contributed by atoms with van der Waals surface area (Å²) in [5.41, 5.74) is -0.0229. The number of hydrogen-bond acceptors (Lipinski definition) is 5. The zero-order valence-electron chi connectivity index (χ0n) is 10.8. The number of aromatic nitrogens is 3. The first-order chi connectivity index (χ1) is 9.74. The number of hydrogen-bond donors (Lipinski definition) is 1. The van der Waals surface area contributed by atoms with Crippen LogP contribution in [0.4, 0.5) is 0 Å². The van der Waals surface area contributed by atoms with Crippen molar-refractivity contribution in [1.29, 1.82) is 0 Å². The second kappa shape index (κ2) is 5.54. The molecule has 104 valence electrons. The smallest absolute Gasteiger partial charge is 0.274 e. The van der Waals surface area contributed by atoms with Crippen LogP contribution in [0.25, 0.3) is 0 Å². The van der Waals surface area contributed by atoms with Crippen LogP contribution in [-0.4, -0.2) is 39.1 Å². The average molecular weight is 290 g/mol. The maximum atomic E-state index is 12.4. The monoisotopic (exact) mass is 290 g/mol. The van der Waals surface area contributed by atoms with E-state index < -0.39 is 0 Å². The summed E-state index contributed by atoms with van der Waals surface area (Å²) in [5, 5.41) is 9.13. The second-order valence-corrected chi connectivity index (χ2v) is 5.69. The molecule has 0 saturated carbocycles. The number of piperidine rings is 1. The lowest BCUT2D eigenvalue weighted by atomic mass is 9.98. The van der Waals surface area contributed by atoms with Gasteiger partial charge < -0.3 is 4.90 Å². The summed E-state index contributed by atoms with van der Waals surface area (Å²) in [7, 11) is 0. The van der Waals surface area contributed by atoms with Crippen molar-refractivity contribution in [1.82, 2.24) is 20.1 Å². The molecule has 1 fully saturated rings. The van der Waals surface area contributed by atoms with Gasteiger partial charge in [0.05, 0.1) is 5.01 Å². The van der Waals surface area contributed by atoms with Gasteiger partial charge in [0, 0.05) is 36.7 Å². The summed E-state index contributed by atoms with van der Waals surface area (Å²) in [5.74, 6) is 0.165. The molecule has 6 nitrogen and oxygen atoms in total. The molecule has 0 unspecified atom stereocenters. The Morgan fingerprint density at radius 1 is 1.45 bits per heavy atom. The molecule has 1 N–H and O–H groups in total. The summed E-state index contributed by atoms with van der Waals surface area (Å²) in [6.07, 6.45) is 3.81. The number of carbonyl (C=O) groups is 1. The Labute approximate surface area is 119 Å². The predicted molar refractivity (Wildman–Crippen MR) is 74.9 cm³/mol. The maximum Gasteiger partial charge on any atom is 0.274 e. The van der Waals surface area contributed by atoms with Crippen LogP contribution in [0.1, 0.15) is 34.3 Å². The second-order valence-electron chi connectivity index (χ2n) is 4.77. The third-order valence-corrected chi connectivity index (χ3v) is 4.35. The minimum Gasteiger partial charge on any atom is -0.337 e. The number of amides is 1. The fourth-order valence-corrected chi connectivity index (χ4v) is 3.19. The van der Waals surface area contributed by atoms with Gasteiger partial charge in [-0.15, -0.1) is 11.3 Å². The fraction of sp³-hybridized carbons (Fsp3) is 0.385. The van der Waals surface area contributed by atoms with Crippen LogP contribution in [0.5, 0.6) is 0 Å². The minimum absolute atomic E-state index is 0.137. The van der Waals surface area contributed by atoms with E-state index in [9.17, 15) is 9.59 Å². The number of carbonyl (C=O) groups excluding carboxylic acids is 1. The number of rotatable bonds is 2. The SMILES string of the molecule is O=C(c1ccc(=O)[nH]n1)N1CCC[C@@H](c2nccs2)C1. The van der Waals surface area contributed by atoms with Crippen molar-refractivity contribution in [2.45, 2.75) is 18.8 Å². The molecular weight excluding hydrogens is 276 g/mol. The number of likely N-dealkylation sites (tertiary alicyclic amines) is 1. The Hall–Kier alpha value is -2.02. The highest BCUT2D eigenvalue weighted by Gasteiger charge is 2.27. The molecule has 0 bridgehead atoms. The summed E-state index contributed by atoms with van der Waals surface area (Å²) in [4.78, 5) is 29.5. The van der Waals surface area contributed by atoms with E-state index in [1.54, 1.807) is 22.4 Å². The number of thiazole rings is 1. The van der Waals surface area contributed by atoms with Crippen LogP contribution in [0.2, 0.25) is 0 Å². The Morgan fingerprint density at radius 3 is 3.05 bits per heavy atom. The van der Waals surface area contributed by atoms with E-state index in [-0.39, 0.29) is 17.2 Å². The van der Waals surface area contributed by atoms with Gasteiger partial charge in [0.1, 0.15) is 5.69 Å². The first-order valence-electron chi connectivity index (χ1n) is 6.48. The number of H-pyrrole nitrogens is 1. The predicted octanol–water partition coefficient (Wildman–Crippen LogP) is 1.25. The number of nitrogens with zero attached hydrogens (tertiary/aromatic N) is 3. The molecule has 0 aromatic carbocycles. The van der Waals surface area contributed by atoms with E-state index >= 15 is 0 Å². The molecule has 0 radical (unpaired) electrons. The van der Waals surface area contributed by atoms with E-state index in [0.717, 1.165) is 24.4 Å². The summed E-state index contributed by atoms with van der Waals surface area (Å²) in [6, 6.07) is 2.79. The molecular formula is C13H14N4O2S. The van der Waals surface area contributed by atoms with Crippen molar-refractivity contribution in [3.63, 3.8) is 0 Å². The van der Waals surface area contributed by atoms with Gasteiger partial charge in [-0.2, -0.15) is 5.10 Å². The minimum atomic E-state index is -0.305. The van der Waals surface area contributed by atoms with Gasteiger partial charge in [-0.05, 0) is 18.9 Å². The van der Waals surface area contributed by atoms with Crippen LogP contribution in [0.15, 0.2) is 28.5 Å². The molecule has 2 aromatic heterocycles. The van der Waals surface area contributed by atoms with Crippen LogP contribution in [-0.2, 0) is 0 Å². The molecule has 3 rings (SSSR count). The third kappa shape index (κ3) is 2.62. The third-order valence-electron chi connectivity index (χ3n) is 3.41. The topological polar surface area (TPSA) is 79.0 Å². The Bertz CT molecular complexity index is 632. The van der Waals surface area contributed by atoms with Gasteiger partial charge in [-0.25, -0.2) is 10.1 Å². The summed E-state index contributed by atoms with van der Waals surface area (Å²) >= 11 is 1.63. The number of aromatic amines is 1. The van der Waals surface area contributed by atoms with Gasteiger partial charge >= 0.3 is 0 Å². The Kier molecular flexibility index (Phi) is 3.60. The molecule has 1 aliphatic heterocycles. The van der Waals surface area contributed by atoms with Crippen molar-refractivity contribution in [2.24, 2.45) is 0 Å². The van der Waals surface area contributed by atoms with Crippen LogP contribution in [0.3, 0.4) is 0 Å². The first kappa shape index (κ1) is 13.0. The lowest BCUT2D eigenvalue weighted by Gasteiger charge is -2.31. The molecule has 2 aromatic rings. The van der Waals surface area contributed by atoms with Gasteiger partial charge in [0.25, 0.3) is 11.5 Å². The zero-order chi connectivity index (χ0) is 13.9. The van der Waals surface area contributed by atoms with Gasteiger partial charge in [0.15, 0.2) is 0 Å². The highest BCUT2D eigenvalue weighted by molar-refractivity contribution is 7.09. The normalized spacial score (nSPS) is 19.0. The maximum absolute atomic E-state index is 12.4. The van der Waals surface area contributed by atoms with E-state index in [1.165, 1.54) is 12.1 Å². The molecule has 1 amide bonds. The molecule has 0 spiro atoms. The van der Waals surface area contributed by atoms with Crippen LogP contribution in [0, 0.1) is 0 Å². The molecule has 20 heavy (non-hydrogen) atoms. The highest BCUT2D eigenvalue weighted by atomic mass is 32.1. The van der Waals surface area contributed by atoms with Crippen molar-refractivity contribution >= 4 is 17.2 Å². The first-order valence-corrected chi connectivity index (χ1v) is 7.36. The van der Waals surface area contributed by atoms with Crippen molar-refractivity contribution < 1.29 is 4.79 Å². The van der Waals surface area contributed by atoms with E-state index in [4.69, 9.17) is 0 Å². The lowest BCUT2D eigenvalue weighted by Crippen LogP contribution is -2.39. The highest BCUT2D eigenvalue weighted by Crippen LogP contribution is 2.28. The molecule has 1 aliphatic rings. The van der Waals surface area contributed by atoms with E-state index in [2.05, 4.69) is 15.2 Å². The standard InChI is InChI=1S/C13H14N4O2S/c18-11-4-3-10(15-16-11)13(19)17-6-1-2-9(8-17)12-14-5-7-20-12/h3-5,7,9H,1-2,6,8H2,(H,16,18)/t9-/m1/s1. The van der Waals surface area contributed by atoms with E-state index in [1.807, 2.05) is 5.38 Å². The summed E-state index contributed by atoms with van der Waals surface area (Å²) in [6.45, 7) is 1.38. The van der Waals surface area contributed by atoms with Crippen LogP contribution >= 0.6 is 11.3 Å². The quantitative estimate of drug-likeness (QED) is 0.902. The van der Waals surface area contributed by atoms with Gasteiger partial charge in [0.2, 0.25) is 0 Å². The fourth-order valence-electron chi connectivity index (χ4n) is 2.42. The van der Waals surface area contributed by atoms with Gasteiger partial charge in [-0.1, -0.05) is 0 Å². The average Bonchev–Trinajstić information content (AvgIpc) is 3.02. The van der Waals surface area contributed by atoms with Crippen LogP contribution < -0.4 is 5.56 Å². The van der Waals surface area contributed by atoms with Gasteiger partial charge in [-0.3, -0.25) is 9.59 Å². The Morgan fingerprint density at radius 2 is 2.35 bits per heavy atom. The molecule has 7 heteroatoms. The molecule has 3 heterocycles. The zero-order valence-corrected chi connectivity index (χ0v) is 11.6. The van der Waals surface area contributed by atoms with E-state index in [0.29, 0.717) is 12.5 Å². The largest absolute Gasteiger partial charge is 0.337 e. The Balaban J connectivity index is 1.75. The molecule has 1 saturated heterocycles.